The Balaban J connectivity index is 1.97. The zero-order chi connectivity index (χ0) is 20.0. The molecule has 1 N–H and O–H groups in total. The summed E-state index contributed by atoms with van der Waals surface area (Å²) in [5, 5.41) is 3.03. The summed E-state index contributed by atoms with van der Waals surface area (Å²) in [6.07, 6.45) is 2.58. The first-order valence-electron chi connectivity index (χ1n) is 10.4. The first-order valence-corrected chi connectivity index (χ1v) is 10.4. The highest BCUT2D eigenvalue weighted by atomic mass is 16.2. The van der Waals surface area contributed by atoms with Gasteiger partial charge in [-0.25, -0.2) is 0 Å². The Morgan fingerprint density at radius 1 is 1.04 bits per heavy atom. The van der Waals surface area contributed by atoms with Crippen molar-refractivity contribution >= 4 is 23.2 Å². The topological polar surface area (TPSA) is 52.7 Å². The van der Waals surface area contributed by atoms with Crippen LogP contribution in [0.1, 0.15) is 52.5 Å². The van der Waals surface area contributed by atoms with E-state index in [9.17, 15) is 9.59 Å². The molecule has 1 saturated carbocycles. The molecule has 2 rings (SSSR count). The fourth-order valence-electron chi connectivity index (χ4n) is 3.66. The monoisotopic (exact) mass is 373 g/mol. The van der Waals surface area contributed by atoms with Crippen LogP contribution in [0.3, 0.4) is 0 Å². The maximum Gasteiger partial charge on any atom is 0.228 e. The fourth-order valence-corrected chi connectivity index (χ4v) is 3.66. The number of benzene rings is 1. The number of carbonyl (C=O) groups excluding carboxylic acids is 2. The number of nitrogens with one attached hydrogen (secondary N) is 1. The highest BCUT2D eigenvalue weighted by Crippen LogP contribution is 2.41. The van der Waals surface area contributed by atoms with Crippen LogP contribution in [0.15, 0.2) is 18.2 Å². The molecule has 1 aromatic carbocycles. The summed E-state index contributed by atoms with van der Waals surface area (Å²) in [5.74, 6) is -0.207. The van der Waals surface area contributed by atoms with Crippen LogP contribution in [-0.4, -0.2) is 42.9 Å². The van der Waals surface area contributed by atoms with Gasteiger partial charge in [-0.3, -0.25) is 9.59 Å². The van der Waals surface area contributed by atoms with Crippen LogP contribution in [-0.2, 0) is 9.59 Å². The lowest BCUT2D eigenvalue weighted by atomic mass is 10.1. The van der Waals surface area contributed by atoms with E-state index in [0.29, 0.717) is 6.42 Å². The van der Waals surface area contributed by atoms with E-state index < -0.39 is 0 Å². The number of carbonyl (C=O) groups is 2. The lowest BCUT2D eigenvalue weighted by Gasteiger charge is -2.22. The van der Waals surface area contributed by atoms with Crippen molar-refractivity contribution < 1.29 is 9.59 Å². The standard InChI is InChI=1S/C22H35N3O2/c1-6-12-25(13-7-2)22(27)19-15-18(19)21(26)23-20-11-10-17(14-16(20)5)24(8-3)9-4/h10-11,14,18-19H,6-9,12-13,15H2,1-5H3,(H,23,26). The van der Waals surface area contributed by atoms with Gasteiger partial charge in [0.25, 0.3) is 0 Å². The van der Waals surface area contributed by atoms with E-state index >= 15 is 0 Å². The predicted octanol–water partition coefficient (Wildman–Crippen LogP) is 4.06. The van der Waals surface area contributed by atoms with E-state index in [1.54, 1.807) is 0 Å². The number of aryl methyl sites for hydroxylation is 1. The summed E-state index contributed by atoms with van der Waals surface area (Å²) in [5.41, 5.74) is 3.06. The van der Waals surface area contributed by atoms with Gasteiger partial charge in [0, 0.05) is 37.6 Å². The molecule has 0 bridgehead atoms. The third-order valence-corrected chi connectivity index (χ3v) is 5.34. The van der Waals surface area contributed by atoms with Crippen LogP contribution >= 0.6 is 0 Å². The van der Waals surface area contributed by atoms with E-state index in [0.717, 1.165) is 50.3 Å². The van der Waals surface area contributed by atoms with Crippen LogP contribution in [0.25, 0.3) is 0 Å². The van der Waals surface area contributed by atoms with Crippen molar-refractivity contribution in [2.24, 2.45) is 11.8 Å². The van der Waals surface area contributed by atoms with Crippen molar-refractivity contribution in [3.63, 3.8) is 0 Å². The second-order valence-corrected chi connectivity index (χ2v) is 7.43. The molecule has 1 aliphatic carbocycles. The molecule has 1 fully saturated rings. The van der Waals surface area contributed by atoms with Gasteiger partial charge in [-0.05, 0) is 63.8 Å². The molecule has 2 amide bonds. The Bertz CT molecular complexity index is 649. The van der Waals surface area contributed by atoms with Gasteiger partial charge >= 0.3 is 0 Å². The molecule has 2 atom stereocenters. The highest BCUT2D eigenvalue weighted by Gasteiger charge is 2.49. The van der Waals surface area contributed by atoms with Crippen molar-refractivity contribution in [2.75, 3.05) is 36.4 Å². The van der Waals surface area contributed by atoms with Crippen LogP contribution in [0.4, 0.5) is 11.4 Å². The number of nitrogens with zero attached hydrogens (tertiary/aromatic N) is 2. The van der Waals surface area contributed by atoms with Gasteiger partial charge in [0.2, 0.25) is 11.8 Å². The molecule has 0 aliphatic heterocycles. The van der Waals surface area contributed by atoms with Crippen LogP contribution in [0.5, 0.6) is 0 Å². The quantitative estimate of drug-likeness (QED) is 0.673. The van der Waals surface area contributed by atoms with Crippen molar-refractivity contribution in [3.05, 3.63) is 23.8 Å². The minimum Gasteiger partial charge on any atom is -0.372 e. The number of amides is 2. The first kappa shape index (κ1) is 21.3. The zero-order valence-corrected chi connectivity index (χ0v) is 17.5. The van der Waals surface area contributed by atoms with Crippen molar-refractivity contribution in [1.82, 2.24) is 4.90 Å². The molecule has 0 saturated heterocycles. The molecule has 5 heteroatoms. The highest BCUT2D eigenvalue weighted by molar-refractivity contribution is 6.00. The minimum absolute atomic E-state index is 0.0278. The average Bonchev–Trinajstić information content (AvgIpc) is 3.45. The molecular weight excluding hydrogens is 338 g/mol. The van der Waals surface area contributed by atoms with Gasteiger partial charge in [0.1, 0.15) is 0 Å². The van der Waals surface area contributed by atoms with E-state index in [2.05, 4.69) is 50.0 Å². The Kier molecular flexibility index (Phi) is 7.69. The van der Waals surface area contributed by atoms with E-state index in [4.69, 9.17) is 0 Å². The molecule has 1 aliphatic rings. The van der Waals surface area contributed by atoms with Crippen LogP contribution < -0.4 is 10.2 Å². The number of hydrogen-bond donors (Lipinski definition) is 1. The van der Waals surface area contributed by atoms with E-state index in [1.807, 2.05) is 17.9 Å². The third-order valence-electron chi connectivity index (χ3n) is 5.34. The first-order chi connectivity index (χ1) is 13.0. The molecule has 0 aromatic heterocycles. The zero-order valence-electron chi connectivity index (χ0n) is 17.5. The molecule has 150 valence electrons. The molecule has 0 spiro atoms. The van der Waals surface area contributed by atoms with Crippen molar-refractivity contribution in [2.45, 2.75) is 53.9 Å². The largest absolute Gasteiger partial charge is 0.372 e. The summed E-state index contributed by atoms with van der Waals surface area (Å²) in [4.78, 5) is 29.5. The molecule has 2 unspecified atom stereocenters. The van der Waals surface area contributed by atoms with Gasteiger partial charge in [0.05, 0.1) is 11.8 Å². The maximum absolute atomic E-state index is 12.6. The Labute approximate surface area is 164 Å². The predicted molar refractivity (Wildman–Crippen MR) is 112 cm³/mol. The summed E-state index contributed by atoms with van der Waals surface area (Å²) in [6.45, 7) is 13.9. The number of hydrogen-bond acceptors (Lipinski definition) is 3. The second-order valence-electron chi connectivity index (χ2n) is 7.43. The van der Waals surface area contributed by atoms with Gasteiger partial charge < -0.3 is 15.1 Å². The summed E-state index contributed by atoms with van der Waals surface area (Å²) in [7, 11) is 0. The summed E-state index contributed by atoms with van der Waals surface area (Å²) in [6, 6.07) is 6.14. The summed E-state index contributed by atoms with van der Waals surface area (Å²) >= 11 is 0. The molecule has 0 heterocycles. The smallest absolute Gasteiger partial charge is 0.228 e. The number of rotatable bonds is 10. The SMILES string of the molecule is CCCN(CCC)C(=O)C1CC1C(=O)Nc1ccc(N(CC)CC)cc1C. The van der Waals surface area contributed by atoms with Gasteiger partial charge in [-0.1, -0.05) is 13.8 Å². The molecule has 1 aromatic rings. The van der Waals surface area contributed by atoms with Crippen LogP contribution in [0.2, 0.25) is 0 Å². The fraction of sp³-hybridized carbons (Fsp3) is 0.636. The normalized spacial score (nSPS) is 18.1. The van der Waals surface area contributed by atoms with Crippen molar-refractivity contribution in [3.8, 4) is 0 Å². The lowest BCUT2D eigenvalue weighted by molar-refractivity contribution is -0.134. The second kappa shape index (κ2) is 9.77. The lowest BCUT2D eigenvalue weighted by Crippen LogP contribution is -2.34. The Morgan fingerprint density at radius 2 is 1.67 bits per heavy atom. The number of anilines is 2. The van der Waals surface area contributed by atoms with Crippen molar-refractivity contribution in [1.29, 1.82) is 0 Å². The molecule has 5 nitrogen and oxygen atoms in total. The van der Waals surface area contributed by atoms with Gasteiger partial charge in [-0.15, -0.1) is 0 Å². The van der Waals surface area contributed by atoms with Crippen LogP contribution in [0, 0.1) is 18.8 Å². The molecule has 0 radical (unpaired) electrons. The van der Waals surface area contributed by atoms with Gasteiger partial charge in [0.15, 0.2) is 0 Å². The van der Waals surface area contributed by atoms with E-state index in [-0.39, 0.29) is 23.7 Å². The van der Waals surface area contributed by atoms with Gasteiger partial charge in [-0.2, -0.15) is 0 Å². The Hall–Kier alpha value is -2.04. The molecular formula is C22H35N3O2. The average molecular weight is 374 g/mol. The Morgan fingerprint density at radius 3 is 2.19 bits per heavy atom. The third kappa shape index (κ3) is 5.24. The maximum atomic E-state index is 12.6. The molecule has 27 heavy (non-hydrogen) atoms. The minimum atomic E-state index is -0.185. The summed E-state index contributed by atoms with van der Waals surface area (Å²) < 4.78 is 0. The van der Waals surface area contributed by atoms with E-state index in [1.165, 1.54) is 5.69 Å².